The fraction of sp³-hybridized carbons (Fsp3) is 0. The van der Waals surface area contributed by atoms with Gasteiger partial charge in [0.2, 0.25) is 0 Å². The number of furan rings is 1. The average molecular weight is 575 g/mol. The number of hydrogen-bond acceptors (Lipinski definition) is 3. The summed E-state index contributed by atoms with van der Waals surface area (Å²) in [6.45, 7) is 0. The average Bonchev–Trinajstić information content (AvgIpc) is 3.51. The van der Waals surface area contributed by atoms with Crippen LogP contribution < -0.4 is 0 Å². The van der Waals surface area contributed by atoms with Gasteiger partial charge in [-0.05, 0) is 40.3 Å². The summed E-state index contributed by atoms with van der Waals surface area (Å²) in [5.41, 5.74) is 11.9. The van der Waals surface area contributed by atoms with Gasteiger partial charge in [-0.1, -0.05) is 140 Å². The number of fused-ring (bicyclic) bond motifs is 6. The van der Waals surface area contributed by atoms with Gasteiger partial charge in [0.1, 0.15) is 11.2 Å². The van der Waals surface area contributed by atoms with Crippen molar-refractivity contribution in [2.24, 2.45) is 0 Å². The van der Waals surface area contributed by atoms with Gasteiger partial charge in [-0.2, -0.15) is 0 Å². The second-order valence-electron chi connectivity index (χ2n) is 11.3. The van der Waals surface area contributed by atoms with E-state index in [4.69, 9.17) is 14.4 Å². The minimum atomic E-state index is 0.854. The normalized spacial score (nSPS) is 11.6. The van der Waals surface area contributed by atoms with Crippen LogP contribution >= 0.6 is 0 Å². The van der Waals surface area contributed by atoms with E-state index in [0.29, 0.717) is 0 Å². The fourth-order valence-corrected chi connectivity index (χ4v) is 6.50. The molecule has 9 rings (SSSR count). The van der Waals surface area contributed by atoms with E-state index in [2.05, 4.69) is 121 Å². The molecule has 0 saturated carbocycles. The van der Waals surface area contributed by atoms with Gasteiger partial charge in [-0.15, -0.1) is 0 Å². The molecule has 0 unspecified atom stereocenters. The highest BCUT2D eigenvalue weighted by molar-refractivity contribution is 6.21. The van der Waals surface area contributed by atoms with E-state index >= 15 is 0 Å². The minimum Gasteiger partial charge on any atom is -0.455 e. The van der Waals surface area contributed by atoms with Crippen LogP contribution in [0.1, 0.15) is 0 Å². The maximum atomic E-state index is 6.75. The first-order valence-corrected chi connectivity index (χ1v) is 15.2. The standard InChI is InChI=1S/C42H26N2O/c1-3-12-27(13-4-1)28-22-24-30(25-23-28)39-40(44-38-21-10-9-20-37(38)43-39)35-26-36-34-19-11-18-31(29-14-5-2-6-15-29)41(34)45-42(36)33-17-8-7-16-32(33)35/h1-26H. The van der Waals surface area contributed by atoms with Crippen LogP contribution in [0, 0.1) is 0 Å². The molecule has 0 saturated heterocycles. The van der Waals surface area contributed by atoms with Gasteiger partial charge in [0, 0.05) is 32.8 Å². The number of benzene rings is 7. The number of para-hydroxylation sites is 3. The highest BCUT2D eigenvalue weighted by Gasteiger charge is 2.21. The van der Waals surface area contributed by atoms with E-state index in [-0.39, 0.29) is 0 Å². The van der Waals surface area contributed by atoms with Crippen molar-refractivity contribution in [3.63, 3.8) is 0 Å². The molecular weight excluding hydrogens is 548 g/mol. The number of aromatic nitrogens is 2. The number of nitrogens with zero attached hydrogens (tertiary/aromatic N) is 2. The summed E-state index contributed by atoms with van der Waals surface area (Å²) in [4.78, 5) is 10.5. The second kappa shape index (κ2) is 10.3. The van der Waals surface area contributed by atoms with Crippen LogP contribution in [-0.4, -0.2) is 9.97 Å². The Morgan fingerprint density at radius 1 is 0.333 bits per heavy atom. The molecule has 7 aromatic carbocycles. The highest BCUT2D eigenvalue weighted by atomic mass is 16.3. The Hall–Kier alpha value is -6.06. The largest absolute Gasteiger partial charge is 0.455 e. The SMILES string of the molecule is c1ccc(-c2ccc(-c3nc4ccccc4nc3-c3cc4c5cccc(-c6ccccc6)c5oc4c4ccccc34)cc2)cc1. The first-order chi connectivity index (χ1) is 22.3. The van der Waals surface area contributed by atoms with Crippen molar-refractivity contribution in [3.05, 3.63) is 158 Å². The van der Waals surface area contributed by atoms with E-state index in [1.54, 1.807) is 0 Å². The minimum absolute atomic E-state index is 0.854. The summed E-state index contributed by atoms with van der Waals surface area (Å²) in [5, 5.41) is 4.29. The maximum Gasteiger partial charge on any atom is 0.143 e. The molecule has 3 heteroatoms. The van der Waals surface area contributed by atoms with E-state index in [1.165, 1.54) is 11.1 Å². The molecule has 0 bridgehead atoms. The monoisotopic (exact) mass is 574 g/mol. The molecule has 9 aromatic rings. The summed E-state index contributed by atoms with van der Waals surface area (Å²) >= 11 is 0. The number of rotatable bonds is 4. The lowest BCUT2D eigenvalue weighted by Gasteiger charge is -2.14. The third-order valence-electron chi connectivity index (χ3n) is 8.68. The van der Waals surface area contributed by atoms with E-state index < -0.39 is 0 Å². The van der Waals surface area contributed by atoms with E-state index in [0.717, 1.165) is 77.4 Å². The Balaban J connectivity index is 1.32. The van der Waals surface area contributed by atoms with Crippen LogP contribution in [0.5, 0.6) is 0 Å². The Labute approximate surface area is 260 Å². The second-order valence-corrected chi connectivity index (χ2v) is 11.3. The van der Waals surface area contributed by atoms with Crippen LogP contribution in [0.4, 0.5) is 0 Å². The van der Waals surface area contributed by atoms with Gasteiger partial charge in [0.05, 0.1) is 22.4 Å². The molecule has 0 aliphatic carbocycles. The molecule has 0 aliphatic rings. The summed E-state index contributed by atoms with van der Waals surface area (Å²) in [6.07, 6.45) is 0. The van der Waals surface area contributed by atoms with Gasteiger partial charge in [0.15, 0.2) is 0 Å². The Morgan fingerprint density at radius 3 is 1.60 bits per heavy atom. The van der Waals surface area contributed by atoms with Gasteiger partial charge in [0.25, 0.3) is 0 Å². The van der Waals surface area contributed by atoms with Crippen molar-refractivity contribution in [3.8, 4) is 44.8 Å². The maximum absolute atomic E-state index is 6.75. The topological polar surface area (TPSA) is 38.9 Å². The quantitative estimate of drug-likeness (QED) is 0.210. The molecule has 0 fully saturated rings. The van der Waals surface area contributed by atoms with Crippen molar-refractivity contribution < 1.29 is 4.42 Å². The first kappa shape index (κ1) is 25.4. The zero-order valence-electron chi connectivity index (χ0n) is 24.3. The van der Waals surface area contributed by atoms with Crippen LogP contribution in [-0.2, 0) is 0 Å². The third kappa shape index (κ3) is 4.21. The van der Waals surface area contributed by atoms with E-state index in [9.17, 15) is 0 Å². The van der Waals surface area contributed by atoms with Crippen molar-refractivity contribution >= 4 is 43.7 Å². The van der Waals surface area contributed by atoms with Gasteiger partial charge in [-0.25, -0.2) is 9.97 Å². The lowest BCUT2D eigenvalue weighted by molar-refractivity contribution is 0.674. The molecule has 0 atom stereocenters. The van der Waals surface area contributed by atoms with Crippen molar-refractivity contribution in [2.45, 2.75) is 0 Å². The highest BCUT2D eigenvalue weighted by Crippen LogP contribution is 2.44. The van der Waals surface area contributed by atoms with Crippen LogP contribution in [0.25, 0.3) is 88.5 Å². The molecule has 2 heterocycles. The zero-order chi connectivity index (χ0) is 29.7. The van der Waals surface area contributed by atoms with Crippen molar-refractivity contribution in [1.29, 1.82) is 0 Å². The molecule has 0 radical (unpaired) electrons. The number of hydrogen-bond donors (Lipinski definition) is 0. The molecular formula is C42H26N2O. The molecule has 3 nitrogen and oxygen atoms in total. The fourth-order valence-electron chi connectivity index (χ4n) is 6.50. The summed E-state index contributed by atoms with van der Waals surface area (Å²) < 4.78 is 6.75. The molecule has 45 heavy (non-hydrogen) atoms. The van der Waals surface area contributed by atoms with Gasteiger partial charge < -0.3 is 4.42 Å². The van der Waals surface area contributed by atoms with Crippen LogP contribution in [0.2, 0.25) is 0 Å². The molecule has 0 spiro atoms. The van der Waals surface area contributed by atoms with Crippen LogP contribution in [0.15, 0.2) is 162 Å². The molecule has 210 valence electrons. The lowest BCUT2D eigenvalue weighted by atomic mass is 9.94. The molecule has 0 N–H and O–H groups in total. The van der Waals surface area contributed by atoms with Gasteiger partial charge in [-0.3, -0.25) is 0 Å². The Kier molecular flexibility index (Phi) is 5.82. The van der Waals surface area contributed by atoms with Crippen molar-refractivity contribution in [2.75, 3.05) is 0 Å². The first-order valence-electron chi connectivity index (χ1n) is 15.2. The molecule has 0 amide bonds. The van der Waals surface area contributed by atoms with Gasteiger partial charge >= 0.3 is 0 Å². The smallest absolute Gasteiger partial charge is 0.143 e. The Morgan fingerprint density at radius 2 is 0.867 bits per heavy atom. The zero-order valence-corrected chi connectivity index (χ0v) is 24.3. The molecule has 0 aliphatic heterocycles. The lowest BCUT2D eigenvalue weighted by Crippen LogP contribution is -1.96. The van der Waals surface area contributed by atoms with E-state index in [1.807, 2.05) is 36.4 Å². The molecule has 2 aromatic heterocycles. The van der Waals surface area contributed by atoms with Crippen LogP contribution in [0.3, 0.4) is 0 Å². The predicted molar refractivity (Wildman–Crippen MR) is 186 cm³/mol. The third-order valence-corrected chi connectivity index (χ3v) is 8.68. The van der Waals surface area contributed by atoms with Crippen molar-refractivity contribution in [1.82, 2.24) is 9.97 Å². The predicted octanol–water partition coefficient (Wildman–Crippen LogP) is 11.4. The summed E-state index contributed by atoms with van der Waals surface area (Å²) in [7, 11) is 0. The summed E-state index contributed by atoms with van der Waals surface area (Å²) in [6, 6.07) is 54.8. The summed E-state index contributed by atoms with van der Waals surface area (Å²) in [5.74, 6) is 0. The Bertz CT molecular complexity index is 2510.